The van der Waals surface area contributed by atoms with Gasteiger partial charge in [0.05, 0.1) is 52.6 Å². The van der Waals surface area contributed by atoms with E-state index < -0.39 is 0 Å². The van der Waals surface area contributed by atoms with E-state index in [-0.39, 0.29) is 17.7 Å². The molecule has 0 N–H and O–H groups in total. The second-order valence-corrected chi connectivity index (χ2v) is 13.1. The van der Waals surface area contributed by atoms with Crippen LogP contribution < -0.4 is 23.7 Å². The van der Waals surface area contributed by atoms with E-state index in [1.807, 2.05) is 84.3 Å². The molecule has 1 aliphatic rings. The van der Waals surface area contributed by atoms with Gasteiger partial charge >= 0.3 is 0 Å². The molecule has 6 aromatic rings. The summed E-state index contributed by atoms with van der Waals surface area (Å²) < 4.78 is 29.9. The van der Waals surface area contributed by atoms with Gasteiger partial charge in [0, 0.05) is 17.7 Å². The van der Waals surface area contributed by atoms with E-state index in [0.29, 0.717) is 46.8 Å². The van der Waals surface area contributed by atoms with Gasteiger partial charge in [-0.05, 0) is 83.4 Å². The van der Waals surface area contributed by atoms with E-state index in [4.69, 9.17) is 28.8 Å². The first kappa shape index (κ1) is 35.4. The first-order valence-electron chi connectivity index (χ1n) is 17.1. The number of thioether (sulfide) groups is 1. The third kappa shape index (κ3) is 7.22. The summed E-state index contributed by atoms with van der Waals surface area (Å²) in [5.41, 5.74) is 4.26. The molecular formula is C41H39N5O6S. The fourth-order valence-corrected chi connectivity index (χ4v) is 7.22. The zero-order valence-electron chi connectivity index (χ0n) is 30.1. The van der Waals surface area contributed by atoms with Crippen LogP contribution in [0.25, 0.3) is 27.8 Å². The maximum atomic E-state index is 14.2. The first-order chi connectivity index (χ1) is 25.9. The topological polar surface area (TPSA) is 110 Å². The monoisotopic (exact) mass is 729 g/mol. The number of carbonyl (C=O) groups is 1. The highest BCUT2D eigenvalue weighted by Crippen LogP contribution is 2.42. The van der Waals surface area contributed by atoms with Gasteiger partial charge in [-0.25, -0.2) is 5.01 Å². The summed E-state index contributed by atoms with van der Waals surface area (Å²) in [6.07, 6.45) is 0.564. The third-order valence-electron chi connectivity index (χ3n) is 9.04. The molecule has 1 aromatic heterocycles. The number of hydrogen-bond donors (Lipinski definition) is 0. The van der Waals surface area contributed by atoms with Crippen LogP contribution in [-0.2, 0) is 4.79 Å². The molecule has 11 nitrogen and oxygen atoms in total. The molecule has 0 saturated heterocycles. The minimum absolute atomic E-state index is 0.0611. The van der Waals surface area contributed by atoms with Crippen molar-refractivity contribution in [2.45, 2.75) is 24.5 Å². The van der Waals surface area contributed by atoms with Gasteiger partial charge in [0.1, 0.15) is 11.5 Å². The van der Waals surface area contributed by atoms with Crippen LogP contribution in [0.2, 0.25) is 0 Å². The van der Waals surface area contributed by atoms with Crippen molar-refractivity contribution in [3.8, 4) is 45.8 Å². The quantitative estimate of drug-likeness (QED) is 0.109. The van der Waals surface area contributed by atoms with Crippen LogP contribution >= 0.6 is 11.8 Å². The molecule has 1 unspecified atom stereocenters. The molecule has 0 spiro atoms. The Bertz CT molecular complexity index is 2250. The summed E-state index contributed by atoms with van der Waals surface area (Å²) in [4.78, 5) is 14.2. The van der Waals surface area contributed by atoms with Gasteiger partial charge in [0.15, 0.2) is 22.5 Å². The molecule has 0 aliphatic carbocycles. The van der Waals surface area contributed by atoms with Crippen LogP contribution in [0.15, 0.2) is 113 Å². The van der Waals surface area contributed by atoms with Gasteiger partial charge < -0.3 is 23.7 Å². The number of methoxy groups -OCH3 is 4. The summed E-state index contributed by atoms with van der Waals surface area (Å²) >= 11 is 1.29. The van der Waals surface area contributed by atoms with Crippen LogP contribution in [0.1, 0.15) is 30.5 Å². The molecule has 0 bridgehead atoms. The number of amides is 1. The second-order valence-electron chi connectivity index (χ2n) is 12.1. The molecule has 5 aromatic carbocycles. The lowest BCUT2D eigenvalue weighted by atomic mass is 9.97. The molecule has 0 saturated carbocycles. The predicted molar refractivity (Wildman–Crippen MR) is 206 cm³/mol. The van der Waals surface area contributed by atoms with E-state index in [0.717, 1.165) is 44.8 Å². The molecule has 270 valence electrons. The number of hydrogen-bond acceptors (Lipinski definition) is 10. The number of ether oxygens (including phenoxy) is 5. The van der Waals surface area contributed by atoms with Crippen LogP contribution in [0.4, 0.5) is 0 Å². The highest BCUT2D eigenvalue weighted by atomic mass is 32.2. The van der Waals surface area contributed by atoms with Crippen molar-refractivity contribution >= 4 is 34.2 Å². The number of nitrogens with zero attached hydrogens (tertiary/aromatic N) is 5. The number of fused-ring (bicyclic) bond motifs is 1. The van der Waals surface area contributed by atoms with E-state index >= 15 is 0 Å². The Kier molecular flexibility index (Phi) is 10.5. The number of carbonyl (C=O) groups excluding carboxylic acids is 1. The molecule has 2 heterocycles. The standard InChI is InChI=1S/C41H39N5O6S/c1-6-52-33-19-15-31(16-20-33)45-40(30-22-36(49-3)39(51-5)37(23-30)50-4)42-43-41(45)53-25-38(47)46-35(27-13-17-32(48-2)18-14-27)24-34(44-46)29-12-11-26-9-7-8-10-28(26)21-29/h7-23,35H,6,24-25H2,1-5H3. The summed E-state index contributed by atoms with van der Waals surface area (Å²) in [7, 11) is 6.33. The van der Waals surface area contributed by atoms with Crippen molar-refractivity contribution in [2.75, 3.05) is 40.8 Å². The van der Waals surface area contributed by atoms with Gasteiger partial charge in [-0.15, -0.1) is 10.2 Å². The molecule has 53 heavy (non-hydrogen) atoms. The summed E-state index contributed by atoms with van der Waals surface area (Å²) in [6.45, 7) is 2.49. The fraction of sp³-hybridized carbons (Fsp3) is 0.220. The van der Waals surface area contributed by atoms with Crippen molar-refractivity contribution in [1.29, 1.82) is 0 Å². The fourth-order valence-electron chi connectivity index (χ4n) is 6.41. The summed E-state index contributed by atoms with van der Waals surface area (Å²) in [5, 5.41) is 18.5. The van der Waals surface area contributed by atoms with E-state index in [1.165, 1.54) is 11.8 Å². The lowest BCUT2D eigenvalue weighted by Crippen LogP contribution is -2.28. The average molecular weight is 730 g/mol. The lowest BCUT2D eigenvalue weighted by molar-refractivity contribution is -0.130. The Balaban J connectivity index is 1.23. The van der Waals surface area contributed by atoms with Gasteiger partial charge in [-0.1, -0.05) is 60.3 Å². The Labute approximate surface area is 312 Å². The Hall–Kier alpha value is -6.01. The SMILES string of the molecule is CCOc1ccc(-n2c(SCC(=O)N3N=C(c4ccc5ccccc5c4)CC3c3ccc(OC)cc3)nnc2-c2cc(OC)c(OC)c(OC)c2)cc1. The molecule has 1 atom stereocenters. The Morgan fingerprint density at radius 3 is 2.11 bits per heavy atom. The van der Waals surface area contributed by atoms with Crippen LogP contribution in [0.3, 0.4) is 0 Å². The van der Waals surface area contributed by atoms with Crippen LogP contribution in [-0.4, -0.2) is 72.2 Å². The second kappa shape index (κ2) is 15.7. The summed E-state index contributed by atoms with van der Waals surface area (Å²) in [6, 6.07) is 33.3. The number of aromatic nitrogens is 3. The zero-order chi connectivity index (χ0) is 36.9. The molecule has 1 amide bonds. The van der Waals surface area contributed by atoms with Gasteiger partial charge in [-0.3, -0.25) is 9.36 Å². The molecule has 12 heteroatoms. The molecule has 1 aliphatic heterocycles. The number of rotatable bonds is 13. The smallest absolute Gasteiger partial charge is 0.253 e. The molecule has 0 radical (unpaired) electrons. The Morgan fingerprint density at radius 2 is 1.45 bits per heavy atom. The largest absolute Gasteiger partial charge is 0.497 e. The number of benzene rings is 5. The van der Waals surface area contributed by atoms with Crippen LogP contribution in [0.5, 0.6) is 28.7 Å². The minimum Gasteiger partial charge on any atom is -0.497 e. The summed E-state index contributed by atoms with van der Waals surface area (Å²) in [5.74, 6) is 3.32. The van der Waals surface area contributed by atoms with Crippen molar-refractivity contribution in [1.82, 2.24) is 19.8 Å². The molecule has 7 rings (SSSR count). The van der Waals surface area contributed by atoms with Crippen molar-refractivity contribution < 1.29 is 28.5 Å². The normalized spacial score (nSPS) is 13.9. The van der Waals surface area contributed by atoms with Gasteiger partial charge in [0.25, 0.3) is 5.91 Å². The minimum atomic E-state index is -0.297. The maximum Gasteiger partial charge on any atom is 0.253 e. The van der Waals surface area contributed by atoms with Gasteiger partial charge in [-0.2, -0.15) is 5.10 Å². The van der Waals surface area contributed by atoms with Crippen LogP contribution in [0, 0.1) is 0 Å². The molecular weight excluding hydrogens is 691 g/mol. The maximum absolute atomic E-state index is 14.2. The van der Waals surface area contributed by atoms with Crippen molar-refractivity contribution in [3.63, 3.8) is 0 Å². The van der Waals surface area contributed by atoms with Crippen molar-refractivity contribution in [2.24, 2.45) is 5.10 Å². The molecule has 0 fully saturated rings. The predicted octanol–water partition coefficient (Wildman–Crippen LogP) is 7.99. The third-order valence-corrected chi connectivity index (χ3v) is 9.95. The van der Waals surface area contributed by atoms with E-state index in [2.05, 4.69) is 40.5 Å². The van der Waals surface area contributed by atoms with E-state index in [1.54, 1.807) is 33.4 Å². The number of hydrazone groups is 1. The van der Waals surface area contributed by atoms with E-state index in [9.17, 15) is 4.79 Å². The first-order valence-corrected chi connectivity index (χ1v) is 18.1. The highest BCUT2D eigenvalue weighted by Gasteiger charge is 2.34. The van der Waals surface area contributed by atoms with Crippen molar-refractivity contribution in [3.05, 3.63) is 114 Å². The lowest BCUT2D eigenvalue weighted by Gasteiger charge is -2.22. The Morgan fingerprint density at radius 1 is 0.755 bits per heavy atom. The average Bonchev–Trinajstić information content (AvgIpc) is 3.85. The van der Waals surface area contributed by atoms with Gasteiger partial charge in [0.2, 0.25) is 5.75 Å². The zero-order valence-corrected chi connectivity index (χ0v) is 30.9. The highest BCUT2D eigenvalue weighted by molar-refractivity contribution is 7.99.